The van der Waals surface area contributed by atoms with E-state index in [-0.39, 0.29) is 11.5 Å². The summed E-state index contributed by atoms with van der Waals surface area (Å²) < 4.78 is 3.34. The van der Waals surface area contributed by atoms with Crippen LogP contribution in [0.2, 0.25) is 0 Å². The number of thiazole rings is 1. The molecule has 5 rings (SSSR count). The third-order valence-corrected chi connectivity index (χ3v) is 12.1. The predicted molar refractivity (Wildman–Crippen MR) is 171 cm³/mol. The summed E-state index contributed by atoms with van der Waals surface area (Å²) >= 11 is 13.1. The zero-order valence-corrected chi connectivity index (χ0v) is 26.3. The SMILES string of the molecule is CSc1cc2c(cc1SC)N(Cc1ccccc1)/C(=C/C(C)=c1/s/c(=C3/SC(=S)N(C)C3=O)n(C)c1=O)S2. The van der Waals surface area contributed by atoms with Crippen molar-refractivity contribution in [1.29, 1.82) is 0 Å². The van der Waals surface area contributed by atoms with Gasteiger partial charge >= 0.3 is 0 Å². The first-order chi connectivity index (χ1) is 18.2. The highest BCUT2D eigenvalue weighted by Gasteiger charge is 2.31. The molecule has 3 aromatic rings. The molecule has 3 heterocycles. The van der Waals surface area contributed by atoms with E-state index in [1.54, 1.807) is 53.9 Å². The van der Waals surface area contributed by atoms with Crippen LogP contribution in [0, 0.1) is 0 Å². The van der Waals surface area contributed by atoms with E-state index in [4.69, 9.17) is 12.2 Å². The molecule has 1 amide bonds. The molecule has 2 aliphatic heterocycles. The van der Waals surface area contributed by atoms with E-state index in [9.17, 15) is 9.59 Å². The molecule has 2 aliphatic rings. The lowest BCUT2D eigenvalue weighted by molar-refractivity contribution is -0.119. The number of allylic oxidation sites excluding steroid dienone is 1. The lowest BCUT2D eigenvalue weighted by Gasteiger charge is -2.21. The second kappa shape index (κ2) is 11.3. The van der Waals surface area contributed by atoms with Gasteiger partial charge in [0.15, 0.2) is 0 Å². The van der Waals surface area contributed by atoms with Gasteiger partial charge in [-0.15, -0.1) is 34.9 Å². The summed E-state index contributed by atoms with van der Waals surface area (Å²) in [6.07, 6.45) is 6.32. The van der Waals surface area contributed by atoms with Crippen molar-refractivity contribution in [2.45, 2.75) is 28.2 Å². The van der Waals surface area contributed by atoms with Crippen LogP contribution in [0.15, 0.2) is 73.1 Å². The molecule has 5 nitrogen and oxygen atoms in total. The van der Waals surface area contributed by atoms with Crippen molar-refractivity contribution < 1.29 is 4.79 Å². The van der Waals surface area contributed by atoms with Gasteiger partial charge in [-0.05, 0) is 48.8 Å². The van der Waals surface area contributed by atoms with E-state index < -0.39 is 0 Å². The number of aromatic nitrogens is 1. The second-order valence-electron chi connectivity index (χ2n) is 8.68. The minimum Gasteiger partial charge on any atom is -0.330 e. The summed E-state index contributed by atoms with van der Waals surface area (Å²) in [4.78, 5) is 34.1. The third kappa shape index (κ3) is 5.04. The fraction of sp³-hybridized carbons (Fsp3) is 0.222. The summed E-state index contributed by atoms with van der Waals surface area (Å²) in [5.74, 6) is -0.163. The van der Waals surface area contributed by atoms with Crippen molar-refractivity contribution >= 4 is 97.0 Å². The Morgan fingerprint density at radius 3 is 2.34 bits per heavy atom. The monoisotopic (exact) mass is 615 g/mol. The van der Waals surface area contributed by atoms with Gasteiger partial charge in [-0.1, -0.05) is 66.1 Å². The van der Waals surface area contributed by atoms with Gasteiger partial charge in [-0.25, -0.2) is 0 Å². The number of carbonyl (C=O) groups is 1. The largest absolute Gasteiger partial charge is 0.330 e. The van der Waals surface area contributed by atoms with Crippen LogP contribution in [-0.2, 0) is 18.4 Å². The van der Waals surface area contributed by atoms with Crippen LogP contribution in [-0.4, -0.2) is 39.3 Å². The molecule has 0 N–H and O–H groups in total. The van der Waals surface area contributed by atoms with E-state index in [1.165, 1.54) is 53.9 Å². The van der Waals surface area contributed by atoms with Gasteiger partial charge in [-0.3, -0.25) is 14.5 Å². The summed E-state index contributed by atoms with van der Waals surface area (Å²) in [5, 5.41) is 1.07. The molecule has 0 radical (unpaired) electrons. The number of thioether (sulfide) groups is 4. The second-order valence-corrected chi connectivity index (χ2v) is 14.1. The number of thiocarbonyl (C=S) groups is 1. The molecule has 11 heteroatoms. The quantitative estimate of drug-likeness (QED) is 0.283. The van der Waals surface area contributed by atoms with E-state index >= 15 is 0 Å². The minimum absolute atomic E-state index is 0.106. The summed E-state index contributed by atoms with van der Waals surface area (Å²) in [6.45, 7) is 2.70. The zero-order chi connectivity index (χ0) is 27.1. The summed E-state index contributed by atoms with van der Waals surface area (Å²) in [6, 6.07) is 15.0. The number of nitrogens with zero attached hydrogens (tertiary/aromatic N) is 3. The maximum atomic E-state index is 13.3. The highest BCUT2D eigenvalue weighted by molar-refractivity contribution is 8.30. The van der Waals surface area contributed by atoms with Gasteiger partial charge in [0.25, 0.3) is 11.5 Å². The van der Waals surface area contributed by atoms with Crippen LogP contribution in [0.3, 0.4) is 0 Å². The average molecular weight is 616 g/mol. The first kappa shape index (κ1) is 27.7. The van der Waals surface area contributed by atoms with Gasteiger partial charge in [0.1, 0.15) is 13.9 Å². The average Bonchev–Trinajstić information content (AvgIpc) is 3.50. The Labute approximate surface area is 248 Å². The molecule has 1 fully saturated rings. The number of hydrogen-bond donors (Lipinski definition) is 0. The first-order valence-corrected chi connectivity index (χ1v) is 16.9. The van der Waals surface area contributed by atoms with Crippen molar-refractivity contribution in [3.63, 3.8) is 0 Å². The first-order valence-electron chi connectivity index (χ1n) is 11.6. The maximum absolute atomic E-state index is 13.3. The number of carbonyl (C=O) groups excluding carboxylic acids is 1. The molecule has 2 aromatic carbocycles. The number of amides is 1. The van der Waals surface area contributed by atoms with Crippen LogP contribution in [0.5, 0.6) is 0 Å². The number of rotatable bonds is 5. The molecule has 1 aromatic heterocycles. The number of anilines is 1. The van der Waals surface area contributed by atoms with Gasteiger partial charge in [-0.2, -0.15) is 0 Å². The minimum atomic E-state index is -0.163. The molecule has 1 saturated heterocycles. The van der Waals surface area contributed by atoms with Gasteiger partial charge < -0.3 is 9.47 Å². The van der Waals surface area contributed by atoms with Crippen molar-refractivity contribution in [2.75, 3.05) is 24.5 Å². The zero-order valence-electron chi connectivity index (χ0n) is 21.4. The van der Waals surface area contributed by atoms with Crippen molar-refractivity contribution in [3.05, 3.63) is 78.7 Å². The van der Waals surface area contributed by atoms with E-state index in [0.717, 1.165) is 17.1 Å². The van der Waals surface area contributed by atoms with Crippen molar-refractivity contribution in [3.8, 4) is 0 Å². The van der Waals surface area contributed by atoms with E-state index in [2.05, 4.69) is 59.9 Å². The van der Waals surface area contributed by atoms with E-state index in [0.29, 0.717) is 18.4 Å². The van der Waals surface area contributed by atoms with Crippen molar-refractivity contribution in [1.82, 2.24) is 9.47 Å². The molecule has 0 aliphatic carbocycles. The highest BCUT2D eigenvalue weighted by Crippen LogP contribution is 2.50. The van der Waals surface area contributed by atoms with Gasteiger partial charge in [0, 0.05) is 35.3 Å². The molecule has 196 valence electrons. The fourth-order valence-corrected chi connectivity index (χ4v) is 9.39. The Kier molecular flexibility index (Phi) is 8.23. The molecule has 0 saturated carbocycles. The summed E-state index contributed by atoms with van der Waals surface area (Å²) in [5.41, 5.74) is 3.16. The van der Waals surface area contributed by atoms with Crippen LogP contribution in [0.1, 0.15) is 12.5 Å². The molecular weight excluding hydrogens is 591 g/mol. The molecule has 0 atom stereocenters. The Hall–Kier alpha value is -1.89. The molecule has 0 bridgehead atoms. The Balaban J connectivity index is 1.65. The van der Waals surface area contributed by atoms with Gasteiger partial charge in [0.05, 0.1) is 15.2 Å². The molecule has 38 heavy (non-hydrogen) atoms. The fourth-order valence-electron chi connectivity index (χ4n) is 4.19. The van der Waals surface area contributed by atoms with Crippen molar-refractivity contribution in [2.24, 2.45) is 7.05 Å². The highest BCUT2D eigenvalue weighted by atomic mass is 32.2. The van der Waals surface area contributed by atoms with Crippen LogP contribution >= 0.6 is 70.6 Å². The number of hydrogen-bond acceptors (Lipinski definition) is 9. The standard InChI is InChI=1S/C27H25N3O2S6/c1-15(22-24(31)28(2)26(37-22)23-25(32)29(3)27(33)38-23)11-21-30(14-16-9-7-6-8-10-16)17-12-19(34-4)20(35-5)13-18(17)36-21/h6-13H,14H2,1-5H3/b21-11-,22-15+,26-23+. The normalized spacial score (nSPS) is 18.6. The smallest absolute Gasteiger partial charge is 0.269 e. The number of benzene rings is 2. The lowest BCUT2D eigenvalue weighted by Crippen LogP contribution is -2.31. The van der Waals surface area contributed by atoms with Crippen LogP contribution in [0.25, 0.3) is 10.5 Å². The third-order valence-electron chi connectivity index (χ3n) is 6.28. The summed E-state index contributed by atoms with van der Waals surface area (Å²) in [7, 11) is 3.39. The Morgan fingerprint density at radius 1 is 1.03 bits per heavy atom. The predicted octanol–water partition coefficient (Wildman–Crippen LogP) is 5.31. The molecular formula is C27H25N3O2S6. The Bertz CT molecular complexity index is 1670. The van der Waals surface area contributed by atoms with Crippen LogP contribution in [0.4, 0.5) is 5.69 Å². The van der Waals surface area contributed by atoms with Crippen LogP contribution < -0.4 is 19.7 Å². The molecule has 0 spiro atoms. The lowest BCUT2D eigenvalue weighted by atomic mass is 10.2. The number of fused-ring (bicyclic) bond motifs is 1. The van der Waals surface area contributed by atoms with Gasteiger partial charge in [0.2, 0.25) is 0 Å². The van der Waals surface area contributed by atoms with E-state index in [1.807, 2.05) is 13.0 Å². The topological polar surface area (TPSA) is 45.5 Å². The maximum Gasteiger partial charge on any atom is 0.269 e. The molecule has 0 unspecified atom stereocenters. The Morgan fingerprint density at radius 2 is 1.71 bits per heavy atom.